The van der Waals surface area contributed by atoms with E-state index in [1.807, 2.05) is 30.3 Å². The highest BCUT2D eigenvalue weighted by atomic mass is 35.5. The lowest BCUT2D eigenvalue weighted by Gasteiger charge is -2.10. The SMILES string of the molecule is Nc1ccccc1Nc1ccc(Cl)cc1Cl. The Morgan fingerprint density at radius 1 is 0.938 bits per heavy atom. The van der Waals surface area contributed by atoms with E-state index in [2.05, 4.69) is 5.32 Å². The molecule has 0 saturated heterocycles. The van der Waals surface area contributed by atoms with E-state index < -0.39 is 0 Å². The van der Waals surface area contributed by atoms with Gasteiger partial charge in [-0.1, -0.05) is 35.3 Å². The van der Waals surface area contributed by atoms with Crippen LogP contribution in [0.2, 0.25) is 10.0 Å². The highest BCUT2D eigenvalue weighted by Gasteiger charge is 2.03. The maximum absolute atomic E-state index is 6.04. The molecular weight excluding hydrogens is 243 g/mol. The Hall–Kier alpha value is -1.38. The molecule has 2 aromatic carbocycles. The van der Waals surface area contributed by atoms with Gasteiger partial charge in [-0.3, -0.25) is 0 Å². The van der Waals surface area contributed by atoms with Crippen LogP contribution in [-0.2, 0) is 0 Å². The highest BCUT2D eigenvalue weighted by molar-refractivity contribution is 6.36. The molecule has 0 aliphatic carbocycles. The Kier molecular flexibility index (Phi) is 3.22. The van der Waals surface area contributed by atoms with Gasteiger partial charge in [0.05, 0.1) is 22.1 Å². The zero-order chi connectivity index (χ0) is 11.5. The third kappa shape index (κ3) is 2.40. The Morgan fingerprint density at radius 3 is 2.38 bits per heavy atom. The van der Waals surface area contributed by atoms with Crippen LogP contribution in [0.4, 0.5) is 17.1 Å². The van der Waals surface area contributed by atoms with E-state index >= 15 is 0 Å². The molecule has 16 heavy (non-hydrogen) atoms. The van der Waals surface area contributed by atoms with Crippen LogP contribution in [0.15, 0.2) is 42.5 Å². The molecule has 0 heterocycles. The van der Waals surface area contributed by atoms with Gasteiger partial charge in [0.15, 0.2) is 0 Å². The van der Waals surface area contributed by atoms with Crippen LogP contribution >= 0.6 is 23.2 Å². The Labute approximate surface area is 104 Å². The van der Waals surface area contributed by atoms with Crippen molar-refractivity contribution in [3.63, 3.8) is 0 Å². The van der Waals surface area contributed by atoms with E-state index in [0.717, 1.165) is 11.4 Å². The van der Waals surface area contributed by atoms with E-state index in [0.29, 0.717) is 15.7 Å². The molecule has 4 heteroatoms. The fourth-order valence-electron chi connectivity index (χ4n) is 1.35. The molecule has 0 aliphatic rings. The molecule has 2 rings (SSSR count). The van der Waals surface area contributed by atoms with Crippen LogP contribution in [0.3, 0.4) is 0 Å². The van der Waals surface area contributed by atoms with E-state index in [1.165, 1.54) is 0 Å². The normalized spacial score (nSPS) is 10.1. The first-order valence-electron chi connectivity index (χ1n) is 4.73. The lowest BCUT2D eigenvalue weighted by atomic mass is 10.2. The molecular formula is C12H10Cl2N2. The monoisotopic (exact) mass is 252 g/mol. The van der Waals surface area contributed by atoms with Crippen LogP contribution in [0.5, 0.6) is 0 Å². The summed E-state index contributed by atoms with van der Waals surface area (Å²) in [5.74, 6) is 0. The number of hydrogen-bond acceptors (Lipinski definition) is 2. The quantitative estimate of drug-likeness (QED) is 0.782. The summed E-state index contributed by atoms with van der Waals surface area (Å²) in [4.78, 5) is 0. The van der Waals surface area contributed by atoms with Gasteiger partial charge in [0.25, 0.3) is 0 Å². The molecule has 0 aromatic heterocycles. The van der Waals surface area contributed by atoms with Crippen LogP contribution in [0.25, 0.3) is 0 Å². The molecule has 3 N–H and O–H groups in total. The molecule has 0 unspecified atom stereocenters. The summed E-state index contributed by atoms with van der Waals surface area (Å²) in [5.41, 5.74) is 8.10. The van der Waals surface area contributed by atoms with Crippen molar-refractivity contribution in [1.29, 1.82) is 0 Å². The summed E-state index contributed by atoms with van der Waals surface area (Å²) < 4.78 is 0. The van der Waals surface area contributed by atoms with Crippen molar-refractivity contribution in [1.82, 2.24) is 0 Å². The average molecular weight is 253 g/mol. The molecule has 2 aromatic rings. The summed E-state index contributed by atoms with van der Waals surface area (Å²) in [6, 6.07) is 12.8. The van der Waals surface area contributed by atoms with Gasteiger partial charge in [0.1, 0.15) is 0 Å². The highest BCUT2D eigenvalue weighted by Crippen LogP contribution is 2.30. The van der Waals surface area contributed by atoms with Crippen molar-refractivity contribution in [2.45, 2.75) is 0 Å². The summed E-state index contributed by atoms with van der Waals surface area (Å²) in [6.07, 6.45) is 0. The first-order valence-corrected chi connectivity index (χ1v) is 5.49. The largest absolute Gasteiger partial charge is 0.397 e. The molecule has 0 bridgehead atoms. The van der Waals surface area contributed by atoms with Crippen LogP contribution in [0, 0.1) is 0 Å². The lowest BCUT2D eigenvalue weighted by molar-refractivity contribution is 1.54. The summed E-state index contributed by atoms with van der Waals surface area (Å²) >= 11 is 11.9. The third-order valence-electron chi connectivity index (χ3n) is 2.16. The predicted octanol–water partition coefficient (Wildman–Crippen LogP) is 4.32. The molecule has 0 radical (unpaired) electrons. The van der Waals surface area contributed by atoms with Crippen molar-refractivity contribution in [3.05, 3.63) is 52.5 Å². The van der Waals surface area contributed by atoms with Gasteiger partial charge in [-0.2, -0.15) is 0 Å². The number of nitrogen functional groups attached to an aromatic ring is 1. The molecule has 0 spiro atoms. The Balaban J connectivity index is 2.31. The second kappa shape index (κ2) is 4.64. The van der Waals surface area contributed by atoms with E-state index in [4.69, 9.17) is 28.9 Å². The van der Waals surface area contributed by atoms with Crippen LogP contribution < -0.4 is 11.1 Å². The smallest absolute Gasteiger partial charge is 0.0655 e. The number of para-hydroxylation sites is 2. The number of anilines is 3. The predicted molar refractivity (Wildman–Crippen MR) is 70.6 cm³/mol. The zero-order valence-electron chi connectivity index (χ0n) is 8.37. The Morgan fingerprint density at radius 2 is 1.69 bits per heavy atom. The molecule has 0 amide bonds. The van der Waals surface area contributed by atoms with Gasteiger partial charge in [-0.05, 0) is 30.3 Å². The summed E-state index contributed by atoms with van der Waals surface area (Å²) in [5, 5.41) is 4.33. The van der Waals surface area contributed by atoms with Gasteiger partial charge in [-0.15, -0.1) is 0 Å². The molecule has 0 saturated carbocycles. The second-order valence-electron chi connectivity index (χ2n) is 3.34. The van der Waals surface area contributed by atoms with Crippen molar-refractivity contribution in [2.75, 3.05) is 11.1 Å². The molecule has 0 atom stereocenters. The van der Waals surface area contributed by atoms with Crippen molar-refractivity contribution >= 4 is 40.3 Å². The number of nitrogens with two attached hydrogens (primary N) is 1. The minimum absolute atomic E-state index is 0.566. The first kappa shape index (κ1) is 11.1. The molecule has 2 nitrogen and oxygen atoms in total. The van der Waals surface area contributed by atoms with Crippen molar-refractivity contribution in [2.24, 2.45) is 0 Å². The van der Waals surface area contributed by atoms with E-state index in [1.54, 1.807) is 12.1 Å². The minimum Gasteiger partial charge on any atom is -0.397 e. The van der Waals surface area contributed by atoms with E-state index in [-0.39, 0.29) is 0 Å². The maximum atomic E-state index is 6.04. The molecule has 82 valence electrons. The fraction of sp³-hybridized carbons (Fsp3) is 0. The number of benzene rings is 2. The Bertz CT molecular complexity index is 512. The van der Waals surface area contributed by atoms with Gasteiger partial charge in [0, 0.05) is 5.02 Å². The van der Waals surface area contributed by atoms with E-state index in [9.17, 15) is 0 Å². The minimum atomic E-state index is 0.566. The number of nitrogens with one attached hydrogen (secondary N) is 1. The zero-order valence-corrected chi connectivity index (χ0v) is 9.89. The second-order valence-corrected chi connectivity index (χ2v) is 4.18. The number of rotatable bonds is 2. The number of hydrogen-bond donors (Lipinski definition) is 2. The van der Waals surface area contributed by atoms with Crippen molar-refractivity contribution in [3.8, 4) is 0 Å². The van der Waals surface area contributed by atoms with Gasteiger partial charge >= 0.3 is 0 Å². The first-order chi connectivity index (χ1) is 7.66. The van der Waals surface area contributed by atoms with Crippen LogP contribution in [-0.4, -0.2) is 0 Å². The topological polar surface area (TPSA) is 38.0 Å². The molecule has 0 fully saturated rings. The number of halogens is 2. The average Bonchev–Trinajstić information content (AvgIpc) is 2.25. The maximum Gasteiger partial charge on any atom is 0.0655 e. The van der Waals surface area contributed by atoms with Crippen LogP contribution in [0.1, 0.15) is 0 Å². The lowest BCUT2D eigenvalue weighted by Crippen LogP contribution is -1.96. The van der Waals surface area contributed by atoms with Gasteiger partial charge < -0.3 is 11.1 Å². The van der Waals surface area contributed by atoms with Gasteiger partial charge in [-0.25, -0.2) is 0 Å². The molecule has 0 aliphatic heterocycles. The standard InChI is InChI=1S/C12H10Cl2N2/c13-8-5-6-11(9(14)7-8)16-12-4-2-1-3-10(12)15/h1-7,16H,15H2. The third-order valence-corrected chi connectivity index (χ3v) is 2.71. The van der Waals surface area contributed by atoms with Crippen molar-refractivity contribution < 1.29 is 0 Å². The fourth-order valence-corrected chi connectivity index (χ4v) is 1.80. The van der Waals surface area contributed by atoms with Gasteiger partial charge in [0.2, 0.25) is 0 Å². The summed E-state index contributed by atoms with van der Waals surface area (Å²) in [7, 11) is 0. The summed E-state index contributed by atoms with van der Waals surface area (Å²) in [6.45, 7) is 0.